The van der Waals surface area contributed by atoms with Gasteiger partial charge in [-0.15, -0.1) is 12.6 Å². The lowest BCUT2D eigenvalue weighted by Crippen LogP contribution is -2.38. The molecule has 0 fully saturated rings. The molecule has 0 spiro atoms. The number of hydrogen-bond donors (Lipinski definition) is 1. The van der Waals surface area contributed by atoms with Crippen molar-refractivity contribution in [1.82, 2.24) is 0 Å². The smallest absolute Gasteiger partial charge is 0.227 e. The first kappa shape index (κ1) is 12.9. The molecule has 98 valence electrons. The number of Topliss-reactive ketones (excluding diaryl/α,β-unsaturated/α-hetero) is 1. The number of rotatable bonds is 3. The predicted octanol–water partition coefficient (Wildman–Crippen LogP) is 3.30. The molecule has 0 amide bonds. The zero-order valence-corrected chi connectivity index (χ0v) is 11.8. The molecule has 0 atom stereocenters. The number of hydrogen-bond acceptors (Lipinski definition) is 2. The summed E-state index contributed by atoms with van der Waals surface area (Å²) in [5.74, 6) is 0.0969. The third-order valence-corrected chi connectivity index (χ3v) is 3.59. The Hall–Kier alpha value is -2.13. The number of carbonyl (C=O) groups excluding carboxylic acids is 1. The summed E-state index contributed by atoms with van der Waals surface area (Å²) in [6, 6.07) is 19.4. The standard InChI is InChI=1S/C17H13NOS/c19-17(14-7-9-15(20)10-8-14)12-18-11-3-5-13-4-1-2-6-16(13)18/h1-11H,12H2/p+1. The number of pyridine rings is 1. The van der Waals surface area contributed by atoms with Crippen molar-refractivity contribution in [3.8, 4) is 0 Å². The van der Waals surface area contributed by atoms with Crippen LogP contribution >= 0.6 is 12.6 Å². The molecule has 2 aromatic carbocycles. The largest absolute Gasteiger partial charge is 0.287 e. The molecule has 1 heterocycles. The van der Waals surface area contributed by atoms with Crippen LogP contribution in [0.2, 0.25) is 0 Å². The molecular formula is C17H14NOS+. The molecule has 3 aromatic rings. The second-order valence-electron chi connectivity index (χ2n) is 4.66. The average Bonchev–Trinajstić information content (AvgIpc) is 2.48. The van der Waals surface area contributed by atoms with Crippen molar-refractivity contribution < 1.29 is 9.36 Å². The van der Waals surface area contributed by atoms with E-state index >= 15 is 0 Å². The van der Waals surface area contributed by atoms with E-state index in [0.717, 1.165) is 15.8 Å². The van der Waals surface area contributed by atoms with E-state index in [4.69, 9.17) is 0 Å². The van der Waals surface area contributed by atoms with Crippen LogP contribution in [0.15, 0.2) is 71.8 Å². The molecule has 0 bridgehead atoms. The second-order valence-corrected chi connectivity index (χ2v) is 5.18. The Balaban J connectivity index is 1.93. The molecular weight excluding hydrogens is 266 g/mol. The van der Waals surface area contributed by atoms with E-state index in [9.17, 15) is 4.79 Å². The Kier molecular flexibility index (Phi) is 3.52. The number of para-hydroxylation sites is 1. The zero-order chi connectivity index (χ0) is 13.9. The molecule has 0 radical (unpaired) electrons. The first-order valence-electron chi connectivity index (χ1n) is 6.43. The number of benzene rings is 2. The zero-order valence-electron chi connectivity index (χ0n) is 10.9. The van der Waals surface area contributed by atoms with Crippen molar-refractivity contribution in [2.75, 3.05) is 0 Å². The van der Waals surface area contributed by atoms with Gasteiger partial charge in [0.05, 0.1) is 0 Å². The summed E-state index contributed by atoms with van der Waals surface area (Å²) in [6.45, 7) is 0.341. The van der Waals surface area contributed by atoms with E-state index < -0.39 is 0 Å². The van der Waals surface area contributed by atoms with Gasteiger partial charge in [-0.3, -0.25) is 4.79 Å². The molecule has 0 saturated heterocycles. The van der Waals surface area contributed by atoms with E-state index in [0.29, 0.717) is 12.1 Å². The highest BCUT2D eigenvalue weighted by Gasteiger charge is 2.14. The lowest BCUT2D eigenvalue weighted by Gasteiger charge is -2.01. The molecule has 0 aliphatic heterocycles. The number of nitrogens with zero attached hydrogens (tertiary/aromatic N) is 1. The van der Waals surface area contributed by atoms with Crippen LogP contribution in [0.5, 0.6) is 0 Å². The topological polar surface area (TPSA) is 20.9 Å². The van der Waals surface area contributed by atoms with Crippen molar-refractivity contribution in [2.45, 2.75) is 11.4 Å². The van der Waals surface area contributed by atoms with Crippen LogP contribution in [-0.2, 0) is 6.54 Å². The minimum absolute atomic E-state index is 0.0969. The lowest BCUT2D eigenvalue weighted by atomic mass is 10.1. The maximum Gasteiger partial charge on any atom is 0.227 e. The maximum atomic E-state index is 12.3. The van der Waals surface area contributed by atoms with Crippen LogP contribution in [0.1, 0.15) is 10.4 Å². The fraction of sp³-hybridized carbons (Fsp3) is 0.0588. The van der Waals surface area contributed by atoms with E-state index in [1.54, 1.807) is 0 Å². The van der Waals surface area contributed by atoms with Crippen LogP contribution in [-0.4, -0.2) is 5.78 Å². The SMILES string of the molecule is O=C(C[n+]1cccc2ccccc21)c1ccc(S)cc1. The van der Waals surface area contributed by atoms with Gasteiger partial charge in [-0.2, -0.15) is 4.57 Å². The number of aromatic nitrogens is 1. The van der Waals surface area contributed by atoms with Crippen molar-refractivity contribution >= 4 is 29.3 Å². The Morgan fingerprint density at radius 1 is 0.950 bits per heavy atom. The minimum atomic E-state index is 0.0969. The van der Waals surface area contributed by atoms with Gasteiger partial charge in [-0.1, -0.05) is 24.3 Å². The van der Waals surface area contributed by atoms with Crippen LogP contribution in [0.4, 0.5) is 0 Å². The van der Waals surface area contributed by atoms with Crippen molar-refractivity contribution in [3.05, 3.63) is 72.4 Å². The van der Waals surface area contributed by atoms with Crippen LogP contribution in [0, 0.1) is 0 Å². The highest BCUT2D eigenvalue weighted by Crippen LogP contribution is 2.10. The Morgan fingerprint density at radius 2 is 1.65 bits per heavy atom. The molecule has 0 N–H and O–H groups in total. The van der Waals surface area contributed by atoms with Gasteiger partial charge < -0.3 is 0 Å². The third kappa shape index (κ3) is 2.58. The molecule has 0 unspecified atom stereocenters. The van der Waals surface area contributed by atoms with Gasteiger partial charge in [0.2, 0.25) is 17.8 Å². The highest BCUT2D eigenvalue weighted by atomic mass is 32.1. The first-order chi connectivity index (χ1) is 9.74. The number of ketones is 1. The van der Waals surface area contributed by atoms with Gasteiger partial charge in [0.1, 0.15) is 0 Å². The quantitative estimate of drug-likeness (QED) is 0.443. The second kappa shape index (κ2) is 5.47. The Labute approximate surface area is 123 Å². The summed E-state index contributed by atoms with van der Waals surface area (Å²) < 4.78 is 1.98. The van der Waals surface area contributed by atoms with Gasteiger partial charge in [0.25, 0.3) is 0 Å². The molecule has 3 heteroatoms. The normalized spacial score (nSPS) is 10.7. The van der Waals surface area contributed by atoms with E-state index in [2.05, 4.69) is 12.6 Å². The summed E-state index contributed by atoms with van der Waals surface area (Å²) in [5.41, 5.74) is 1.78. The van der Waals surface area contributed by atoms with Gasteiger partial charge in [0.15, 0.2) is 6.20 Å². The molecule has 2 nitrogen and oxygen atoms in total. The van der Waals surface area contributed by atoms with E-state index in [1.807, 2.05) is 71.4 Å². The molecule has 0 saturated carbocycles. The molecule has 1 aromatic heterocycles. The van der Waals surface area contributed by atoms with Gasteiger partial charge >= 0.3 is 0 Å². The summed E-state index contributed by atoms with van der Waals surface area (Å²) in [7, 11) is 0. The van der Waals surface area contributed by atoms with Crippen LogP contribution in [0.25, 0.3) is 10.9 Å². The minimum Gasteiger partial charge on any atom is -0.287 e. The van der Waals surface area contributed by atoms with Crippen molar-refractivity contribution in [1.29, 1.82) is 0 Å². The highest BCUT2D eigenvalue weighted by molar-refractivity contribution is 7.80. The van der Waals surface area contributed by atoms with Gasteiger partial charge in [-0.05, 0) is 24.3 Å². The summed E-state index contributed by atoms with van der Waals surface area (Å²) in [6.07, 6.45) is 1.94. The molecule has 20 heavy (non-hydrogen) atoms. The number of carbonyl (C=O) groups is 1. The number of thiol groups is 1. The Bertz CT molecular complexity index is 760. The third-order valence-electron chi connectivity index (χ3n) is 3.29. The van der Waals surface area contributed by atoms with Crippen LogP contribution < -0.4 is 4.57 Å². The fourth-order valence-corrected chi connectivity index (χ4v) is 2.40. The van der Waals surface area contributed by atoms with Crippen molar-refractivity contribution in [2.24, 2.45) is 0 Å². The summed E-state index contributed by atoms with van der Waals surface area (Å²) in [5, 5.41) is 1.13. The lowest BCUT2D eigenvalue weighted by molar-refractivity contribution is -0.657. The monoisotopic (exact) mass is 280 g/mol. The summed E-state index contributed by atoms with van der Waals surface area (Å²) >= 11 is 4.23. The molecule has 0 aliphatic carbocycles. The van der Waals surface area contributed by atoms with Gasteiger partial charge in [0, 0.05) is 28.0 Å². The molecule has 0 aliphatic rings. The summed E-state index contributed by atoms with van der Waals surface area (Å²) in [4.78, 5) is 13.2. The molecule has 3 rings (SSSR count). The van der Waals surface area contributed by atoms with E-state index in [1.165, 1.54) is 0 Å². The predicted molar refractivity (Wildman–Crippen MR) is 82.2 cm³/mol. The Morgan fingerprint density at radius 3 is 2.45 bits per heavy atom. The van der Waals surface area contributed by atoms with E-state index in [-0.39, 0.29) is 5.78 Å². The van der Waals surface area contributed by atoms with Gasteiger partial charge in [-0.25, -0.2) is 0 Å². The average molecular weight is 280 g/mol. The van der Waals surface area contributed by atoms with Crippen molar-refractivity contribution in [3.63, 3.8) is 0 Å². The number of fused-ring (bicyclic) bond motifs is 1. The maximum absolute atomic E-state index is 12.3. The first-order valence-corrected chi connectivity index (χ1v) is 6.88. The van der Waals surface area contributed by atoms with Crippen LogP contribution in [0.3, 0.4) is 0 Å². The fourth-order valence-electron chi connectivity index (χ4n) is 2.25.